The van der Waals surface area contributed by atoms with Gasteiger partial charge < -0.3 is 5.32 Å². The fraction of sp³-hybridized carbons (Fsp3) is 0.364. The molecule has 0 fully saturated rings. The molecule has 0 saturated carbocycles. The van der Waals surface area contributed by atoms with Crippen molar-refractivity contribution < 1.29 is 4.79 Å². The molecule has 0 amide bonds. The lowest BCUT2D eigenvalue weighted by Crippen LogP contribution is -2.29. The molecule has 4 heteroatoms. The van der Waals surface area contributed by atoms with E-state index in [1.165, 1.54) is 0 Å². The van der Waals surface area contributed by atoms with Crippen LogP contribution in [0.4, 0.5) is 0 Å². The summed E-state index contributed by atoms with van der Waals surface area (Å²) in [4.78, 5) is 11.7. The Morgan fingerprint density at radius 1 is 1.40 bits per heavy atom. The van der Waals surface area contributed by atoms with Gasteiger partial charge in [0, 0.05) is 16.6 Å². The van der Waals surface area contributed by atoms with Crippen molar-refractivity contribution in [3.8, 4) is 0 Å². The molecule has 0 aliphatic carbocycles. The van der Waals surface area contributed by atoms with E-state index >= 15 is 0 Å². The minimum Gasteiger partial charge on any atom is -0.307 e. The third-order valence-electron chi connectivity index (χ3n) is 1.90. The van der Waals surface area contributed by atoms with Crippen LogP contribution in [0.3, 0.4) is 0 Å². The molecular weight excluding hydrogens is 233 g/mol. The number of nitrogens with one attached hydrogen (secondary N) is 1. The fourth-order valence-corrected chi connectivity index (χ4v) is 1.62. The highest BCUT2D eigenvalue weighted by Crippen LogP contribution is 2.21. The van der Waals surface area contributed by atoms with Gasteiger partial charge in [0.15, 0.2) is 5.78 Å². The Morgan fingerprint density at radius 3 is 2.60 bits per heavy atom. The Balaban J connectivity index is 2.74. The Hall–Kier alpha value is -0.570. The normalized spacial score (nSPS) is 10.7. The van der Waals surface area contributed by atoms with E-state index in [1.54, 1.807) is 18.2 Å². The Morgan fingerprint density at radius 2 is 2.07 bits per heavy atom. The zero-order chi connectivity index (χ0) is 11.4. The summed E-state index contributed by atoms with van der Waals surface area (Å²) in [6.07, 6.45) is 0. The van der Waals surface area contributed by atoms with Crippen LogP contribution in [0.1, 0.15) is 24.2 Å². The van der Waals surface area contributed by atoms with E-state index in [4.69, 9.17) is 23.2 Å². The average Bonchev–Trinajstić information content (AvgIpc) is 2.14. The predicted molar refractivity (Wildman–Crippen MR) is 63.9 cm³/mol. The summed E-state index contributed by atoms with van der Waals surface area (Å²) < 4.78 is 0. The molecule has 0 aliphatic heterocycles. The number of Topliss-reactive ketones (excluding diaryl/α,β-unsaturated/α-hetero) is 1. The van der Waals surface area contributed by atoms with Crippen LogP contribution in [0, 0.1) is 0 Å². The van der Waals surface area contributed by atoms with E-state index in [0.717, 1.165) is 0 Å². The molecule has 0 atom stereocenters. The molecule has 0 unspecified atom stereocenters. The molecule has 0 heterocycles. The smallest absolute Gasteiger partial charge is 0.178 e. The summed E-state index contributed by atoms with van der Waals surface area (Å²) in [7, 11) is 0. The number of hydrogen-bond donors (Lipinski definition) is 1. The van der Waals surface area contributed by atoms with Crippen molar-refractivity contribution in [3.05, 3.63) is 33.8 Å². The molecule has 0 aromatic heterocycles. The van der Waals surface area contributed by atoms with Gasteiger partial charge in [0.05, 0.1) is 11.6 Å². The van der Waals surface area contributed by atoms with E-state index in [9.17, 15) is 4.79 Å². The molecule has 82 valence electrons. The van der Waals surface area contributed by atoms with E-state index in [-0.39, 0.29) is 11.8 Å². The molecule has 2 nitrogen and oxygen atoms in total. The maximum absolute atomic E-state index is 11.7. The van der Waals surface area contributed by atoms with Gasteiger partial charge in [0.2, 0.25) is 0 Å². The summed E-state index contributed by atoms with van der Waals surface area (Å²) in [6.45, 7) is 4.26. The highest BCUT2D eigenvalue weighted by atomic mass is 35.5. The van der Waals surface area contributed by atoms with E-state index in [0.29, 0.717) is 22.2 Å². The van der Waals surface area contributed by atoms with Gasteiger partial charge >= 0.3 is 0 Å². The first kappa shape index (κ1) is 12.5. The monoisotopic (exact) mass is 245 g/mol. The van der Waals surface area contributed by atoms with Crippen LogP contribution in [-0.2, 0) is 0 Å². The third kappa shape index (κ3) is 3.82. The Labute approximate surface area is 99.6 Å². The second kappa shape index (κ2) is 5.50. The Kier molecular flexibility index (Phi) is 4.58. The van der Waals surface area contributed by atoms with Crippen LogP contribution < -0.4 is 5.32 Å². The van der Waals surface area contributed by atoms with E-state index in [1.807, 2.05) is 13.8 Å². The standard InChI is InChI=1S/C11H13Cl2NO/c1-7(2)14-6-11(15)9-4-3-8(12)5-10(9)13/h3-5,7,14H,6H2,1-2H3. The summed E-state index contributed by atoms with van der Waals surface area (Å²) >= 11 is 11.6. The quantitative estimate of drug-likeness (QED) is 0.826. The van der Waals surface area contributed by atoms with Crippen LogP contribution in [0.15, 0.2) is 18.2 Å². The minimum absolute atomic E-state index is 0.0228. The van der Waals surface area contributed by atoms with Crippen molar-refractivity contribution in [2.75, 3.05) is 6.54 Å². The maximum Gasteiger partial charge on any atom is 0.178 e. The van der Waals surface area contributed by atoms with Gasteiger partial charge in [-0.1, -0.05) is 37.0 Å². The highest BCUT2D eigenvalue weighted by Gasteiger charge is 2.10. The molecule has 1 N–H and O–H groups in total. The average molecular weight is 246 g/mol. The molecule has 1 aromatic carbocycles. The largest absolute Gasteiger partial charge is 0.307 e. The summed E-state index contributed by atoms with van der Waals surface area (Å²) in [5.74, 6) is -0.0228. The van der Waals surface area contributed by atoms with Gasteiger partial charge in [0.25, 0.3) is 0 Å². The molecule has 1 rings (SSSR count). The van der Waals surface area contributed by atoms with Crippen LogP contribution in [-0.4, -0.2) is 18.4 Å². The zero-order valence-electron chi connectivity index (χ0n) is 8.68. The van der Waals surface area contributed by atoms with Gasteiger partial charge in [0.1, 0.15) is 0 Å². The molecular formula is C11H13Cl2NO. The molecule has 0 radical (unpaired) electrons. The SMILES string of the molecule is CC(C)NCC(=O)c1ccc(Cl)cc1Cl. The number of rotatable bonds is 4. The van der Waals surface area contributed by atoms with Crippen molar-refractivity contribution in [2.24, 2.45) is 0 Å². The maximum atomic E-state index is 11.7. The molecule has 0 aliphatic rings. The molecule has 0 saturated heterocycles. The lowest BCUT2D eigenvalue weighted by Gasteiger charge is -2.08. The van der Waals surface area contributed by atoms with E-state index in [2.05, 4.69) is 5.32 Å². The zero-order valence-corrected chi connectivity index (χ0v) is 10.2. The van der Waals surface area contributed by atoms with Crippen LogP contribution in [0.2, 0.25) is 10.0 Å². The second-order valence-electron chi connectivity index (χ2n) is 3.58. The summed E-state index contributed by atoms with van der Waals surface area (Å²) in [6, 6.07) is 5.16. The molecule has 0 spiro atoms. The van der Waals surface area contributed by atoms with E-state index < -0.39 is 0 Å². The van der Waals surface area contributed by atoms with Crippen LogP contribution >= 0.6 is 23.2 Å². The summed E-state index contributed by atoms with van der Waals surface area (Å²) in [5.41, 5.74) is 0.509. The first-order valence-electron chi connectivity index (χ1n) is 4.72. The van der Waals surface area contributed by atoms with Gasteiger partial charge in [-0.3, -0.25) is 4.79 Å². The number of carbonyl (C=O) groups excluding carboxylic acids is 1. The number of carbonyl (C=O) groups is 1. The Bertz CT molecular complexity index is 364. The van der Waals surface area contributed by atoms with Gasteiger partial charge in [-0.05, 0) is 18.2 Å². The number of benzene rings is 1. The molecule has 0 bridgehead atoms. The molecule has 1 aromatic rings. The van der Waals surface area contributed by atoms with Gasteiger partial charge in [-0.25, -0.2) is 0 Å². The number of ketones is 1. The van der Waals surface area contributed by atoms with Crippen molar-refractivity contribution in [3.63, 3.8) is 0 Å². The first-order valence-corrected chi connectivity index (χ1v) is 5.48. The van der Waals surface area contributed by atoms with Crippen molar-refractivity contribution in [1.82, 2.24) is 5.32 Å². The first-order chi connectivity index (χ1) is 7.00. The topological polar surface area (TPSA) is 29.1 Å². The fourth-order valence-electron chi connectivity index (χ4n) is 1.11. The van der Waals surface area contributed by atoms with Crippen molar-refractivity contribution in [1.29, 1.82) is 0 Å². The highest BCUT2D eigenvalue weighted by molar-refractivity contribution is 6.36. The lowest BCUT2D eigenvalue weighted by atomic mass is 10.1. The number of hydrogen-bond acceptors (Lipinski definition) is 2. The molecule has 15 heavy (non-hydrogen) atoms. The third-order valence-corrected chi connectivity index (χ3v) is 2.45. The van der Waals surface area contributed by atoms with Gasteiger partial charge in [-0.15, -0.1) is 0 Å². The predicted octanol–water partition coefficient (Wildman–Crippen LogP) is 3.17. The van der Waals surface area contributed by atoms with Crippen LogP contribution in [0.5, 0.6) is 0 Å². The van der Waals surface area contributed by atoms with Crippen molar-refractivity contribution in [2.45, 2.75) is 19.9 Å². The second-order valence-corrected chi connectivity index (χ2v) is 4.43. The summed E-state index contributed by atoms with van der Waals surface area (Å²) in [5, 5.41) is 3.98. The lowest BCUT2D eigenvalue weighted by molar-refractivity contribution is 0.0988. The van der Waals surface area contributed by atoms with Crippen molar-refractivity contribution >= 4 is 29.0 Å². The van der Waals surface area contributed by atoms with Crippen LogP contribution in [0.25, 0.3) is 0 Å². The van der Waals surface area contributed by atoms with Gasteiger partial charge in [-0.2, -0.15) is 0 Å². The number of halogens is 2. The minimum atomic E-state index is -0.0228.